The number of aliphatic imine (C=N–C) groups is 1. The fourth-order valence-corrected chi connectivity index (χ4v) is 8.26. The van der Waals surface area contributed by atoms with Gasteiger partial charge in [0.15, 0.2) is 34.6 Å². The van der Waals surface area contributed by atoms with Crippen LogP contribution in [0.1, 0.15) is 17.1 Å². The van der Waals surface area contributed by atoms with Crippen LogP contribution in [-0.2, 0) is 32.3 Å². The van der Waals surface area contributed by atoms with Gasteiger partial charge in [0.25, 0.3) is 0 Å². The Morgan fingerprint density at radius 2 is 2.09 bits per heavy atom. The highest BCUT2D eigenvalue weighted by atomic mass is 35.5. The van der Waals surface area contributed by atoms with Gasteiger partial charge in [0.1, 0.15) is 40.6 Å². The molecule has 7 N–H and O–H groups in total. The maximum Gasteiger partial charge on any atom is 0.352 e. The van der Waals surface area contributed by atoms with Gasteiger partial charge < -0.3 is 27.1 Å². The van der Waals surface area contributed by atoms with E-state index < -0.39 is 29.0 Å². The first-order chi connectivity index (χ1) is 21.5. The number of β-lactam (4-membered cyclic amide) rings is 1. The second kappa shape index (κ2) is 12.1. The van der Waals surface area contributed by atoms with Gasteiger partial charge in [-0.1, -0.05) is 28.1 Å². The number of aromatic nitrogens is 5. The number of amides is 1. The number of Topliss-reactive ketones (excluding diaryl/α,β-unsaturated/α-hetero) is 1. The van der Waals surface area contributed by atoms with E-state index in [0.717, 1.165) is 22.0 Å². The van der Waals surface area contributed by atoms with Crippen LogP contribution in [0, 0.1) is 5.92 Å². The summed E-state index contributed by atoms with van der Waals surface area (Å²) in [5, 5.41) is 16.1. The predicted molar refractivity (Wildman–Crippen MR) is 168 cm³/mol. The Morgan fingerprint density at radius 1 is 1.29 bits per heavy atom. The van der Waals surface area contributed by atoms with Crippen molar-refractivity contribution in [3.05, 3.63) is 56.3 Å². The number of halogens is 1. The van der Waals surface area contributed by atoms with Crippen molar-refractivity contribution < 1.29 is 28.9 Å². The minimum absolute atomic E-state index is 0.0670. The van der Waals surface area contributed by atoms with Crippen LogP contribution in [-0.4, -0.2) is 76.7 Å². The number of aliphatic carboxylic acids is 1. The molecular formula is C25H25ClN11O5S3+. The summed E-state index contributed by atoms with van der Waals surface area (Å²) in [7, 11) is 1.27. The van der Waals surface area contributed by atoms with Crippen molar-refractivity contribution in [2.45, 2.75) is 24.9 Å². The molecule has 0 unspecified atom stereocenters. The molecule has 20 heteroatoms. The lowest BCUT2D eigenvalue weighted by Gasteiger charge is -2.49. The molecular weight excluding hydrogens is 666 g/mol. The molecule has 234 valence electrons. The zero-order chi connectivity index (χ0) is 32.0. The molecule has 0 aromatic carbocycles. The number of carbonyl (C=O) groups is 3. The van der Waals surface area contributed by atoms with Gasteiger partial charge in [0, 0.05) is 17.6 Å². The number of thiazole rings is 2. The third kappa shape index (κ3) is 5.74. The highest BCUT2D eigenvalue weighted by Gasteiger charge is 2.54. The molecule has 2 aliphatic heterocycles. The van der Waals surface area contributed by atoms with Gasteiger partial charge in [0.05, 0.1) is 30.1 Å². The summed E-state index contributed by atoms with van der Waals surface area (Å²) >= 11 is 9.99. The van der Waals surface area contributed by atoms with Gasteiger partial charge >= 0.3 is 11.6 Å². The molecule has 0 bridgehead atoms. The zero-order valence-corrected chi connectivity index (χ0v) is 26.6. The standard InChI is InChI=1S/C25H24ClN11O5S3/c1-42-33-17(18-20(26)45-25(29)32-18)13(38)6-12-21(39)37-19(23(40)41)11(9-44-22(12)37)7-35-3-2-16-34(4-5-36(16)35)8-15-30-14(10-43-15)31-24(27)28/h2-5,10,12,22H,6-9H2,1H3,(H6-,27,28,29,31,32,40,41)/p+1/b33-17+/t12-,22-/m1/s1. The molecule has 16 nitrogen and oxygen atoms in total. The van der Waals surface area contributed by atoms with Crippen LogP contribution in [0.4, 0.5) is 10.9 Å². The first kappa shape index (κ1) is 30.6. The van der Waals surface area contributed by atoms with Gasteiger partial charge in [-0.3, -0.25) is 14.5 Å². The molecule has 45 heavy (non-hydrogen) atoms. The van der Waals surface area contributed by atoms with E-state index in [0.29, 0.717) is 23.7 Å². The quantitative estimate of drug-likeness (QED) is 0.0571. The Hall–Kier alpha value is -4.46. The summed E-state index contributed by atoms with van der Waals surface area (Å²) in [6, 6.07) is 1.90. The Morgan fingerprint density at radius 3 is 2.78 bits per heavy atom. The lowest BCUT2D eigenvalue weighted by molar-refractivity contribution is -0.661. The first-order valence-corrected chi connectivity index (χ1v) is 16.2. The number of hydrogen-bond acceptors (Lipinski definition) is 12. The molecule has 0 aliphatic carbocycles. The van der Waals surface area contributed by atoms with Gasteiger partial charge in [-0.05, 0) is 5.57 Å². The third-order valence-corrected chi connectivity index (χ3v) is 10.4. The molecule has 0 radical (unpaired) electrons. The number of nitrogens with two attached hydrogens (primary N) is 3. The van der Waals surface area contributed by atoms with Crippen molar-refractivity contribution in [1.29, 1.82) is 0 Å². The SMILES string of the molecule is CO/N=C(\C(=O)C[C@@H]1C(=O)N2C(C(=O)O)=C(Cn3ccc4n3cc[n+]4Cc3nc(N=C(N)N)cs3)CS[C@H]12)c1nc(N)sc1Cl. The van der Waals surface area contributed by atoms with E-state index in [1.165, 1.54) is 35.1 Å². The summed E-state index contributed by atoms with van der Waals surface area (Å²) in [5.41, 5.74) is 17.8. The second-order valence-electron chi connectivity index (χ2n) is 9.88. The second-order valence-corrected chi connectivity index (χ2v) is 13.6. The number of carboxylic acid groups (broad SMARTS) is 1. The van der Waals surface area contributed by atoms with E-state index in [2.05, 4.69) is 20.1 Å². The number of rotatable bonds is 11. The maximum absolute atomic E-state index is 13.3. The van der Waals surface area contributed by atoms with Gasteiger partial charge in [-0.2, -0.15) is 4.99 Å². The number of anilines is 1. The molecule has 4 aromatic rings. The van der Waals surface area contributed by atoms with Crippen LogP contribution in [0.2, 0.25) is 4.34 Å². The van der Waals surface area contributed by atoms with E-state index in [-0.39, 0.29) is 45.5 Å². The van der Waals surface area contributed by atoms with Crippen LogP contribution < -0.4 is 21.8 Å². The monoisotopic (exact) mass is 690 g/mol. The average molecular weight is 691 g/mol. The van der Waals surface area contributed by atoms with Crippen LogP contribution in [0.15, 0.2) is 51.5 Å². The molecule has 4 aromatic heterocycles. The minimum Gasteiger partial charge on any atom is -0.477 e. The van der Waals surface area contributed by atoms with Crippen molar-refractivity contribution in [3.8, 4) is 0 Å². The molecule has 0 saturated carbocycles. The predicted octanol–water partition coefficient (Wildman–Crippen LogP) is 1.01. The average Bonchev–Trinajstić information content (AvgIpc) is 3.77. The lowest BCUT2D eigenvalue weighted by Crippen LogP contribution is -2.62. The van der Waals surface area contributed by atoms with Gasteiger partial charge in [-0.25, -0.2) is 24.0 Å². The number of carboxylic acids is 1. The number of carbonyl (C=O) groups excluding carboxylic acids is 2. The van der Waals surface area contributed by atoms with E-state index in [9.17, 15) is 19.5 Å². The number of imidazole rings is 1. The molecule has 1 amide bonds. The Balaban J connectivity index is 1.19. The Kier molecular flexibility index (Phi) is 8.25. The summed E-state index contributed by atoms with van der Waals surface area (Å²) in [4.78, 5) is 57.5. The summed E-state index contributed by atoms with van der Waals surface area (Å²) in [6.07, 6.45) is 5.37. The number of nitrogen functional groups attached to an aromatic ring is 1. The maximum atomic E-state index is 13.3. The van der Waals surface area contributed by atoms with E-state index in [4.69, 9.17) is 33.6 Å². The molecule has 2 aliphatic rings. The summed E-state index contributed by atoms with van der Waals surface area (Å²) < 4.78 is 5.90. The Labute approximate surface area is 271 Å². The smallest absolute Gasteiger partial charge is 0.352 e. The molecule has 6 rings (SSSR count). The van der Waals surface area contributed by atoms with Crippen LogP contribution in [0.5, 0.6) is 0 Å². The van der Waals surface area contributed by atoms with Crippen LogP contribution >= 0.6 is 46.0 Å². The van der Waals surface area contributed by atoms with Crippen molar-refractivity contribution in [3.63, 3.8) is 0 Å². The van der Waals surface area contributed by atoms with Gasteiger partial charge in [0.2, 0.25) is 5.91 Å². The topological polar surface area (TPSA) is 226 Å². The number of hydrogen-bond donors (Lipinski definition) is 4. The molecule has 6 heterocycles. The number of thioether (sulfide) groups is 1. The fraction of sp³-hybridized carbons (Fsp3) is 0.280. The minimum atomic E-state index is -1.22. The number of nitrogens with zero attached hydrogens (tertiary/aromatic N) is 8. The lowest BCUT2D eigenvalue weighted by atomic mass is 9.89. The number of ketones is 1. The van der Waals surface area contributed by atoms with Crippen molar-refractivity contribution in [1.82, 2.24) is 24.1 Å². The van der Waals surface area contributed by atoms with Crippen molar-refractivity contribution in [2.75, 3.05) is 18.6 Å². The molecule has 0 spiro atoms. The van der Waals surface area contributed by atoms with Gasteiger partial charge in [-0.15, -0.1) is 27.6 Å². The van der Waals surface area contributed by atoms with Crippen molar-refractivity contribution in [2.24, 2.45) is 27.5 Å². The summed E-state index contributed by atoms with van der Waals surface area (Å²) in [5.74, 6) is -2.23. The molecule has 1 fully saturated rings. The van der Waals surface area contributed by atoms with E-state index in [1.54, 1.807) is 5.38 Å². The van der Waals surface area contributed by atoms with Crippen LogP contribution in [0.25, 0.3) is 5.65 Å². The number of guanidine groups is 1. The molecule has 1 saturated heterocycles. The van der Waals surface area contributed by atoms with Crippen LogP contribution in [0.3, 0.4) is 0 Å². The zero-order valence-electron chi connectivity index (χ0n) is 23.4. The van der Waals surface area contributed by atoms with E-state index in [1.807, 2.05) is 38.4 Å². The fourth-order valence-electron chi connectivity index (χ4n) is 5.22. The normalized spacial score (nSPS) is 18.2. The van der Waals surface area contributed by atoms with Crippen molar-refractivity contribution >= 4 is 92.0 Å². The number of fused-ring (bicyclic) bond motifs is 2. The highest BCUT2D eigenvalue weighted by Crippen LogP contribution is 2.45. The largest absolute Gasteiger partial charge is 0.477 e. The Bertz CT molecular complexity index is 1940. The summed E-state index contributed by atoms with van der Waals surface area (Å²) in [6.45, 7) is 0.709. The van der Waals surface area contributed by atoms with E-state index >= 15 is 0 Å². The number of oxime groups is 1. The highest BCUT2D eigenvalue weighted by molar-refractivity contribution is 8.00. The third-order valence-electron chi connectivity index (χ3n) is 7.07. The first-order valence-electron chi connectivity index (χ1n) is 13.1. The molecule has 2 atom stereocenters.